The number of aliphatic carboxylic acids is 1. The fraction of sp³-hybridized carbons (Fsp3) is 0.400. The van der Waals surface area contributed by atoms with E-state index in [-0.39, 0.29) is 5.75 Å². The summed E-state index contributed by atoms with van der Waals surface area (Å²) >= 11 is 3.73. The number of rotatable bonds is 4. The van der Waals surface area contributed by atoms with Crippen LogP contribution in [0.25, 0.3) is 0 Å². The highest BCUT2D eigenvalue weighted by molar-refractivity contribution is 7.80. The SMILES string of the molecule is O=C=CN[C@H](CS)C(=O)O. The second kappa shape index (κ2) is 4.90. The molecule has 0 aliphatic carbocycles. The summed E-state index contributed by atoms with van der Waals surface area (Å²) in [5, 5.41) is 10.6. The van der Waals surface area contributed by atoms with Gasteiger partial charge in [-0.15, -0.1) is 0 Å². The zero-order valence-corrected chi connectivity index (χ0v) is 5.97. The van der Waals surface area contributed by atoms with Gasteiger partial charge in [-0.25, -0.2) is 9.59 Å². The maximum Gasteiger partial charge on any atom is 0.326 e. The molecule has 0 fully saturated rings. The second-order valence-electron chi connectivity index (χ2n) is 1.50. The first-order valence-corrected chi connectivity index (χ1v) is 3.14. The smallest absolute Gasteiger partial charge is 0.326 e. The number of carbonyl (C=O) groups is 1. The Morgan fingerprint density at radius 2 is 2.50 bits per heavy atom. The van der Waals surface area contributed by atoms with Crippen molar-refractivity contribution in [2.45, 2.75) is 6.04 Å². The third-order valence-corrected chi connectivity index (χ3v) is 1.19. The van der Waals surface area contributed by atoms with Gasteiger partial charge in [0.25, 0.3) is 0 Å². The maximum absolute atomic E-state index is 10.2. The summed E-state index contributed by atoms with van der Waals surface area (Å²) in [4.78, 5) is 19.8. The van der Waals surface area contributed by atoms with Crippen molar-refractivity contribution in [1.29, 1.82) is 0 Å². The maximum atomic E-state index is 10.2. The monoisotopic (exact) mass is 161 g/mol. The van der Waals surface area contributed by atoms with E-state index < -0.39 is 12.0 Å². The molecule has 56 valence electrons. The lowest BCUT2D eigenvalue weighted by Crippen LogP contribution is -2.34. The van der Waals surface area contributed by atoms with Crippen molar-refractivity contribution in [1.82, 2.24) is 5.32 Å². The molecular weight excluding hydrogens is 154 g/mol. The van der Waals surface area contributed by atoms with Crippen molar-refractivity contribution in [2.24, 2.45) is 0 Å². The van der Waals surface area contributed by atoms with E-state index in [0.717, 1.165) is 6.20 Å². The Balaban J connectivity index is 3.82. The Morgan fingerprint density at radius 1 is 1.90 bits per heavy atom. The molecule has 10 heavy (non-hydrogen) atoms. The molecule has 0 aromatic rings. The van der Waals surface area contributed by atoms with Gasteiger partial charge in [-0.1, -0.05) is 0 Å². The fourth-order valence-corrected chi connectivity index (χ4v) is 0.598. The van der Waals surface area contributed by atoms with Gasteiger partial charge in [-0.05, 0) is 0 Å². The second-order valence-corrected chi connectivity index (χ2v) is 1.87. The van der Waals surface area contributed by atoms with Gasteiger partial charge in [0.2, 0.25) is 0 Å². The highest BCUT2D eigenvalue weighted by atomic mass is 32.1. The van der Waals surface area contributed by atoms with E-state index in [9.17, 15) is 9.59 Å². The molecule has 0 aromatic carbocycles. The molecule has 0 aromatic heterocycles. The van der Waals surface area contributed by atoms with Crippen molar-refractivity contribution in [3.63, 3.8) is 0 Å². The van der Waals surface area contributed by atoms with Crippen LogP contribution in [0.2, 0.25) is 0 Å². The molecule has 0 radical (unpaired) electrons. The molecule has 2 N–H and O–H groups in total. The van der Waals surface area contributed by atoms with Crippen LogP contribution in [0.15, 0.2) is 6.20 Å². The van der Waals surface area contributed by atoms with Crippen LogP contribution in [0.5, 0.6) is 0 Å². The van der Waals surface area contributed by atoms with Crippen molar-refractivity contribution in [3.8, 4) is 0 Å². The van der Waals surface area contributed by atoms with E-state index in [1.807, 2.05) is 0 Å². The summed E-state index contributed by atoms with van der Waals surface area (Å²) < 4.78 is 0. The summed E-state index contributed by atoms with van der Waals surface area (Å²) in [6.45, 7) is 0. The van der Waals surface area contributed by atoms with E-state index in [1.54, 1.807) is 0 Å². The van der Waals surface area contributed by atoms with Crippen molar-refractivity contribution < 1.29 is 14.7 Å². The fourth-order valence-electron chi connectivity index (χ4n) is 0.337. The Labute approximate surface area is 63.3 Å². The molecule has 0 bridgehead atoms. The quantitative estimate of drug-likeness (QED) is 0.377. The average Bonchev–Trinajstić information content (AvgIpc) is 1.89. The minimum absolute atomic E-state index is 0.132. The van der Waals surface area contributed by atoms with Crippen molar-refractivity contribution >= 4 is 24.5 Å². The normalized spacial score (nSPS) is 11.3. The van der Waals surface area contributed by atoms with Crippen LogP contribution in [0.4, 0.5) is 0 Å². The highest BCUT2D eigenvalue weighted by Crippen LogP contribution is 1.86. The molecule has 5 heteroatoms. The highest BCUT2D eigenvalue weighted by Gasteiger charge is 2.11. The molecule has 0 amide bonds. The zero-order chi connectivity index (χ0) is 7.98. The molecule has 0 saturated heterocycles. The number of hydrogen-bond donors (Lipinski definition) is 3. The summed E-state index contributed by atoms with van der Waals surface area (Å²) in [5.41, 5.74) is 0. The third-order valence-electron chi connectivity index (χ3n) is 0.824. The van der Waals surface area contributed by atoms with Crippen LogP contribution >= 0.6 is 12.6 Å². The van der Waals surface area contributed by atoms with E-state index in [0.29, 0.717) is 0 Å². The number of carboxylic acid groups (broad SMARTS) is 1. The van der Waals surface area contributed by atoms with Gasteiger partial charge in [0.15, 0.2) is 0 Å². The molecule has 0 aliphatic heterocycles. The molecule has 0 spiro atoms. The van der Waals surface area contributed by atoms with E-state index >= 15 is 0 Å². The average molecular weight is 161 g/mol. The first-order valence-electron chi connectivity index (χ1n) is 2.51. The largest absolute Gasteiger partial charge is 0.480 e. The zero-order valence-electron chi connectivity index (χ0n) is 5.07. The number of carbonyl (C=O) groups excluding carboxylic acids is 1. The molecule has 0 heterocycles. The predicted molar refractivity (Wildman–Crippen MR) is 38.7 cm³/mol. The van der Waals surface area contributed by atoms with E-state index in [1.165, 1.54) is 5.94 Å². The lowest BCUT2D eigenvalue weighted by atomic mass is 10.3. The van der Waals surface area contributed by atoms with Crippen LogP contribution in [0, 0.1) is 0 Å². The van der Waals surface area contributed by atoms with Gasteiger partial charge >= 0.3 is 5.97 Å². The lowest BCUT2D eigenvalue weighted by molar-refractivity contribution is -0.138. The standard InChI is InChI=1S/C5H7NO3S/c7-2-1-6-4(3-10)5(8)9/h1,4,6,10H,3H2,(H,8,9)/t4-/m1/s1. The molecule has 0 rings (SSSR count). The van der Waals surface area contributed by atoms with Gasteiger partial charge in [0, 0.05) is 5.75 Å². The van der Waals surface area contributed by atoms with Crippen LogP contribution in [0.3, 0.4) is 0 Å². The first-order chi connectivity index (χ1) is 4.72. The van der Waals surface area contributed by atoms with Gasteiger partial charge in [-0.3, -0.25) is 0 Å². The Bertz CT molecular complexity index is 164. The van der Waals surface area contributed by atoms with E-state index in [2.05, 4.69) is 17.9 Å². The molecule has 0 aliphatic rings. The molecule has 1 atom stereocenters. The van der Waals surface area contributed by atoms with Gasteiger partial charge in [-0.2, -0.15) is 12.6 Å². The third kappa shape index (κ3) is 3.17. The number of nitrogens with one attached hydrogen (secondary N) is 1. The summed E-state index contributed by atoms with van der Waals surface area (Å²) in [5.74, 6) is 0.496. The molecule has 0 unspecified atom stereocenters. The lowest BCUT2D eigenvalue weighted by Gasteiger charge is -2.06. The van der Waals surface area contributed by atoms with Crippen LogP contribution in [-0.2, 0) is 9.59 Å². The number of thiol groups is 1. The number of carboxylic acids is 1. The van der Waals surface area contributed by atoms with Crippen LogP contribution in [-0.4, -0.2) is 28.8 Å². The molecular formula is C5H7NO3S. The van der Waals surface area contributed by atoms with Gasteiger partial charge in [0.05, 0.1) is 6.20 Å². The molecule has 0 saturated carbocycles. The van der Waals surface area contributed by atoms with Gasteiger partial charge < -0.3 is 10.4 Å². The minimum atomic E-state index is -1.04. The van der Waals surface area contributed by atoms with Crippen LogP contribution in [0.1, 0.15) is 0 Å². The summed E-state index contributed by atoms with van der Waals surface area (Å²) in [6, 6.07) is -0.815. The minimum Gasteiger partial charge on any atom is -0.480 e. The Kier molecular flexibility index (Phi) is 4.45. The Hall–Kier alpha value is -0.930. The van der Waals surface area contributed by atoms with Crippen molar-refractivity contribution in [2.75, 3.05) is 5.75 Å². The summed E-state index contributed by atoms with van der Waals surface area (Å²) in [6.07, 6.45) is 0.912. The Morgan fingerprint density at radius 3 is 2.80 bits per heavy atom. The molecule has 4 nitrogen and oxygen atoms in total. The topological polar surface area (TPSA) is 66.4 Å². The van der Waals surface area contributed by atoms with Crippen LogP contribution < -0.4 is 5.32 Å². The first kappa shape index (κ1) is 9.07. The van der Waals surface area contributed by atoms with Crippen molar-refractivity contribution in [3.05, 3.63) is 6.20 Å². The summed E-state index contributed by atoms with van der Waals surface area (Å²) in [7, 11) is 0. The van der Waals surface area contributed by atoms with Gasteiger partial charge in [0.1, 0.15) is 12.0 Å². The van der Waals surface area contributed by atoms with E-state index in [4.69, 9.17) is 5.11 Å². The number of hydrogen-bond acceptors (Lipinski definition) is 4. The predicted octanol–water partition coefficient (Wildman–Crippen LogP) is -0.696.